The molecule has 3 aromatic rings. The number of carbonyl (C=O) groups excluding carboxylic acids is 1. The van der Waals surface area contributed by atoms with E-state index in [4.69, 9.17) is 14.6 Å². The van der Waals surface area contributed by atoms with E-state index in [0.717, 1.165) is 16.7 Å². The largest absolute Gasteiger partial charge is 0.493 e. The van der Waals surface area contributed by atoms with E-state index in [1.54, 1.807) is 19.3 Å². The van der Waals surface area contributed by atoms with E-state index in [1.807, 2.05) is 78.9 Å². The van der Waals surface area contributed by atoms with Gasteiger partial charge in [-0.05, 0) is 42.3 Å². The van der Waals surface area contributed by atoms with Crippen LogP contribution in [0.2, 0.25) is 0 Å². The number of hydrogen-bond acceptors (Lipinski definition) is 4. The van der Waals surface area contributed by atoms with Gasteiger partial charge in [-0.15, -0.1) is 6.58 Å². The molecule has 0 saturated heterocycles. The number of benzene rings is 3. The molecule has 0 bridgehead atoms. The lowest BCUT2D eigenvalue weighted by molar-refractivity contribution is -0.114. The molecule has 0 N–H and O–H groups in total. The van der Waals surface area contributed by atoms with E-state index in [0.29, 0.717) is 41.5 Å². The molecule has 1 amide bonds. The molecule has 0 aliphatic carbocycles. The Balaban J connectivity index is 1.83. The summed E-state index contributed by atoms with van der Waals surface area (Å²) in [7, 11) is 1.60. The maximum Gasteiger partial charge on any atom is 0.281 e. The fourth-order valence-corrected chi connectivity index (χ4v) is 3.80. The fourth-order valence-electron chi connectivity index (χ4n) is 3.80. The zero-order valence-corrected chi connectivity index (χ0v) is 19.1. The van der Waals surface area contributed by atoms with Gasteiger partial charge in [-0.3, -0.25) is 4.79 Å². The van der Waals surface area contributed by atoms with Gasteiger partial charge in [0, 0.05) is 11.1 Å². The first-order chi connectivity index (χ1) is 16.7. The Morgan fingerprint density at radius 2 is 1.68 bits per heavy atom. The van der Waals surface area contributed by atoms with Crippen molar-refractivity contribution in [2.24, 2.45) is 5.10 Å². The summed E-state index contributed by atoms with van der Waals surface area (Å²) in [5, 5.41) is 6.14. The monoisotopic (exact) mass is 450 g/mol. The van der Waals surface area contributed by atoms with Gasteiger partial charge in [0.05, 0.1) is 18.4 Å². The first-order valence-electron chi connectivity index (χ1n) is 11.0. The highest BCUT2D eigenvalue weighted by molar-refractivity contribution is 6.37. The Hall–Kier alpha value is -4.38. The number of carbonyl (C=O) groups is 1. The number of rotatable bonds is 9. The van der Waals surface area contributed by atoms with Crippen LogP contribution in [-0.2, 0) is 11.2 Å². The zero-order valence-electron chi connectivity index (χ0n) is 19.1. The van der Waals surface area contributed by atoms with Crippen LogP contribution in [0.4, 0.5) is 5.69 Å². The minimum Gasteiger partial charge on any atom is -0.493 e. The average Bonchev–Trinajstić information content (AvgIpc) is 3.20. The van der Waals surface area contributed by atoms with Gasteiger partial charge in [0.15, 0.2) is 11.5 Å². The summed E-state index contributed by atoms with van der Waals surface area (Å²) in [5.74, 6) is 1.03. The number of nitrogens with zero attached hydrogens (tertiary/aromatic N) is 2. The average molecular weight is 451 g/mol. The van der Waals surface area contributed by atoms with E-state index < -0.39 is 0 Å². The van der Waals surface area contributed by atoms with Gasteiger partial charge >= 0.3 is 0 Å². The highest BCUT2D eigenvalue weighted by Gasteiger charge is 2.32. The van der Waals surface area contributed by atoms with E-state index in [2.05, 4.69) is 13.2 Å². The summed E-state index contributed by atoms with van der Waals surface area (Å²) >= 11 is 0. The Kier molecular flexibility index (Phi) is 7.04. The molecule has 4 rings (SSSR count). The van der Waals surface area contributed by atoms with Crippen LogP contribution >= 0.6 is 0 Å². The standard InChI is InChI=1S/C29H26N2O3/c1-4-12-23-18-21(20-26(33-3)28(23)34-17-5-2)19-25-27(22-13-8-6-9-14-22)30-31(29(25)32)24-15-10-7-11-16-24/h4-11,13-16,18-20H,1-2,12,17H2,3H3/b25-19-. The van der Waals surface area contributed by atoms with Crippen LogP contribution in [0.15, 0.2) is 109 Å². The van der Waals surface area contributed by atoms with E-state index in [1.165, 1.54) is 5.01 Å². The van der Waals surface area contributed by atoms with E-state index in [-0.39, 0.29) is 5.91 Å². The number of para-hydroxylation sites is 1. The topological polar surface area (TPSA) is 51.1 Å². The third-order valence-corrected chi connectivity index (χ3v) is 5.32. The molecule has 34 heavy (non-hydrogen) atoms. The molecular formula is C29H26N2O3. The SMILES string of the molecule is C=CCOc1c(CC=C)cc(/C=C2\C(=O)N(c3ccccc3)N=C2c2ccccc2)cc1OC. The quantitative estimate of drug-likeness (QED) is 0.305. The number of allylic oxidation sites excluding steroid dienone is 1. The molecule has 0 unspecified atom stereocenters. The Morgan fingerprint density at radius 3 is 2.32 bits per heavy atom. The van der Waals surface area contributed by atoms with E-state index >= 15 is 0 Å². The van der Waals surface area contributed by atoms with Crippen LogP contribution in [0, 0.1) is 0 Å². The second-order valence-corrected chi connectivity index (χ2v) is 7.63. The lowest BCUT2D eigenvalue weighted by Gasteiger charge is -2.15. The van der Waals surface area contributed by atoms with Gasteiger partial charge in [-0.2, -0.15) is 10.1 Å². The molecule has 3 aromatic carbocycles. The van der Waals surface area contributed by atoms with Crippen molar-refractivity contribution in [3.63, 3.8) is 0 Å². The van der Waals surface area contributed by atoms with Crippen LogP contribution in [0.3, 0.4) is 0 Å². The van der Waals surface area contributed by atoms with Crippen molar-refractivity contribution < 1.29 is 14.3 Å². The maximum absolute atomic E-state index is 13.5. The number of amides is 1. The molecule has 1 aliphatic rings. The van der Waals surface area contributed by atoms with Crippen molar-refractivity contribution in [1.82, 2.24) is 0 Å². The lowest BCUT2D eigenvalue weighted by atomic mass is 9.98. The molecule has 0 spiro atoms. The molecule has 170 valence electrons. The first kappa shape index (κ1) is 22.8. The molecule has 0 saturated carbocycles. The van der Waals surface area contributed by atoms with Gasteiger partial charge in [0.25, 0.3) is 5.91 Å². The lowest BCUT2D eigenvalue weighted by Crippen LogP contribution is -2.21. The molecule has 1 heterocycles. The highest BCUT2D eigenvalue weighted by atomic mass is 16.5. The van der Waals surface area contributed by atoms with Crippen LogP contribution in [-0.4, -0.2) is 25.3 Å². The van der Waals surface area contributed by atoms with Gasteiger partial charge in [0.2, 0.25) is 0 Å². The molecular weight excluding hydrogens is 424 g/mol. The summed E-state index contributed by atoms with van der Waals surface area (Å²) in [4.78, 5) is 13.5. The predicted molar refractivity (Wildman–Crippen MR) is 137 cm³/mol. The zero-order chi connectivity index (χ0) is 23.9. The van der Waals surface area contributed by atoms with Gasteiger partial charge in [-0.25, -0.2) is 0 Å². The molecule has 5 nitrogen and oxygen atoms in total. The smallest absolute Gasteiger partial charge is 0.281 e. The number of methoxy groups -OCH3 is 1. The first-order valence-corrected chi connectivity index (χ1v) is 11.0. The number of ether oxygens (including phenoxy) is 2. The molecule has 0 radical (unpaired) electrons. The summed E-state index contributed by atoms with van der Waals surface area (Å²) in [6.07, 6.45) is 5.93. The summed E-state index contributed by atoms with van der Waals surface area (Å²) in [5.41, 5.74) is 4.41. The summed E-state index contributed by atoms with van der Waals surface area (Å²) < 4.78 is 11.5. The molecule has 0 fully saturated rings. The summed E-state index contributed by atoms with van der Waals surface area (Å²) in [6, 6.07) is 23.0. The Bertz CT molecular complexity index is 1260. The second kappa shape index (κ2) is 10.5. The molecule has 0 atom stereocenters. The number of anilines is 1. The Morgan fingerprint density at radius 1 is 0.971 bits per heavy atom. The highest BCUT2D eigenvalue weighted by Crippen LogP contribution is 2.35. The fraction of sp³-hybridized carbons (Fsp3) is 0.103. The van der Waals surface area contributed by atoms with Crippen molar-refractivity contribution in [3.05, 3.63) is 120 Å². The van der Waals surface area contributed by atoms with Crippen LogP contribution in [0.25, 0.3) is 6.08 Å². The van der Waals surface area contributed by atoms with Gasteiger partial charge in [-0.1, -0.05) is 67.3 Å². The maximum atomic E-state index is 13.5. The predicted octanol–water partition coefficient (Wildman–Crippen LogP) is 5.82. The van der Waals surface area contributed by atoms with Crippen molar-refractivity contribution in [2.45, 2.75) is 6.42 Å². The van der Waals surface area contributed by atoms with Crippen LogP contribution in [0.5, 0.6) is 11.5 Å². The second-order valence-electron chi connectivity index (χ2n) is 7.63. The minimum atomic E-state index is -0.193. The van der Waals surface area contributed by atoms with Crippen molar-refractivity contribution >= 4 is 23.4 Å². The normalized spacial score (nSPS) is 14.1. The number of hydrogen-bond donors (Lipinski definition) is 0. The van der Waals surface area contributed by atoms with E-state index in [9.17, 15) is 4.79 Å². The van der Waals surface area contributed by atoms with Gasteiger partial charge in [0.1, 0.15) is 12.3 Å². The molecule has 5 heteroatoms. The van der Waals surface area contributed by atoms with Crippen molar-refractivity contribution in [3.8, 4) is 11.5 Å². The van der Waals surface area contributed by atoms with Gasteiger partial charge < -0.3 is 9.47 Å². The van der Waals surface area contributed by atoms with Crippen molar-refractivity contribution in [2.75, 3.05) is 18.7 Å². The third-order valence-electron chi connectivity index (χ3n) is 5.32. The third kappa shape index (κ3) is 4.69. The molecule has 1 aliphatic heterocycles. The van der Waals surface area contributed by atoms with Crippen LogP contribution in [0.1, 0.15) is 16.7 Å². The number of hydrazone groups is 1. The van der Waals surface area contributed by atoms with Crippen molar-refractivity contribution in [1.29, 1.82) is 0 Å². The minimum absolute atomic E-state index is 0.193. The Labute approximate surface area is 199 Å². The molecule has 0 aromatic heterocycles. The summed E-state index contributed by atoms with van der Waals surface area (Å²) in [6.45, 7) is 7.94. The van der Waals surface area contributed by atoms with Crippen LogP contribution < -0.4 is 14.5 Å².